The predicted molar refractivity (Wildman–Crippen MR) is 117 cm³/mol. The van der Waals surface area contributed by atoms with Crippen LogP contribution >= 0.6 is 34.7 Å². The standard InChI is InChI=1S/C21H24ClNO3S2/c1-12(2)26-21(25)19-16-9-4-13(3)10-17(16)28-20(19)23-18(24)11-27-15-7-5-14(22)6-8-15/h5-8,12-13H,4,9-11H2,1-3H3,(H,23,24). The molecule has 0 bridgehead atoms. The minimum absolute atomic E-state index is 0.134. The van der Waals surface area contributed by atoms with E-state index < -0.39 is 0 Å². The number of esters is 1. The topological polar surface area (TPSA) is 55.4 Å². The molecule has 7 heteroatoms. The summed E-state index contributed by atoms with van der Waals surface area (Å²) in [4.78, 5) is 27.4. The Morgan fingerprint density at radius 2 is 2.04 bits per heavy atom. The van der Waals surface area contributed by atoms with Crippen LogP contribution in [0.25, 0.3) is 0 Å². The lowest BCUT2D eigenvalue weighted by atomic mass is 9.88. The fourth-order valence-electron chi connectivity index (χ4n) is 3.17. The number of carbonyl (C=O) groups excluding carboxylic acids is 2. The predicted octanol–water partition coefficient (Wildman–Crippen LogP) is 5.82. The van der Waals surface area contributed by atoms with Gasteiger partial charge in [-0.1, -0.05) is 18.5 Å². The van der Waals surface area contributed by atoms with E-state index in [1.54, 1.807) is 12.1 Å². The first-order valence-corrected chi connectivity index (χ1v) is 11.5. The molecule has 0 fully saturated rings. The first kappa shape index (κ1) is 21.2. The van der Waals surface area contributed by atoms with Crippen molar-refractivity contribution in [1.82, 2.24) is 0 Å². The van der Waals surface area contributed by atoms with Crippen molar-refractivity contribution >= 4 is 51.6 Å². The van der Waals surface area contributed by atoms with Crippen LogP contribution < -0.4 is 5.32 Å². The summed E-state index contributed by atoms with van der Waals surface area (Å²) >= 11 is 8.84. The first-order chi connectivity index (χ1) is 13.3. The van der Waals surface area contributed by atoms with Crippen molar-refractivity contribution in [2.75, 3.05) is 11.1 Å². The molecule has 0 saturated heterocycles. The fraction of sp³-hybridized carbons (Fsp3) is 0.429. The van der Waals surface area contributed by atoms with Crippen LogP contribution in [0, 0.1) is 5.92 Å². The van der Waals surface area contributed by atoms with Crippen molar-refractivity contribution in [2.24, 2.45) is 5.92 Å². The van der Waals surface area contributed by atoms with E-state index in [0.717, 1.165) is 29.7 Å². The second-order valence-corrected chi connectivity index (χ2v) is 9.89. The van der Waals surface area contributed by atoms with Crippen molar-refractivity contribution in [3.8, 4) is 0 Å². The van der Waals surface area contributed by atoms with Crippen molar-refractivity contribution in [2.45, 2.75) is 51.0 Å². The molecule has 0 aliphatic heterocycles. The van der Waals surface area contributed by atoms with E-state index in [0.29, 0.717) is 21.5 Å². The summed E-state index contributed by atoms with van der Waals surface area (Å²) in [6.45, 7) is 5.88. The number of carbonyl (C=O) groups is 2. The van der Waals surface area contributed by atoms with E-state index in [4.69, 9.17) is 16.3 Å². The summed E-state index contributed by atoms with van der Waals surface area (Å²) < 4.78 is 5.45. The average molecular weight is 438 g/mol. The highest BCUT2D eigenvalue weighted by Gasteiger charge is 2.29. The van der Waals surface area contributed by atoms with Gasteiger partial charge in [-0.25, -0.2) is 4.79 Å². The molecule has 1 aliphatic carbocycles. The number of amides is 1. The highest BCUT2D eigenvalue weighted by Crippen LogP contribution is 2.40. The van der Waals surface area contributed by atoms with Gasteiger partial charge in [0.2, 0.25) is 5.91 Å². The highest BCUT2D eigenvalue weighted by atomic mass is 35.5. The molecule has 0 saturated carbocycles. The average Bonchev–Trinajstić information content (AvgIpc) is 2.97. The molecule has 28 heavy (non-hydrogen) atoms. The molecule has 150 valence electrons. The monoisotopic (exact) mass is 437 g/mol. The van der Waals surface area contributed by atoms with E-state index in [1.165, 1.54) is 28.0 Å². The van der Waals surface area contributed by atoms with Gasteiger partial charge in [0.1, 0.15) is 5.00 Å². The number of thioether (sulfide) groups is 1. The largest absolute Gasteiger partial charge is 0.459 e. The maximum absolute atomic E-state index is 12.7. The zero-order valence-electron chi connectivity index (χ0n) is 16.2. The van der Waals surface area contributed by atoms with Gasteiger partial charge >= 0.3 is 5.97 Å². The molecule has 0 spiro atoms. The summed E-state index contributed by atoms with van der Waals surface area (Å²) in [5.74, 6) is 0.372. The minimum Gasteiger partial charge on any atom is -0.459 e. The molecule has 1 aromatic heterocycles. The number of nitrogens with one attached hydrogen (secondary N) is 1. The van der Waals surface area contributed by atoms with Crippen LogP contribution in [0.3, 0.4) is 0 Å². The number of anilines is 1. The Balaban J connectivity index is 1.75. The third kappa shape index (κ3) is 5.31. The number of hydrogen-bond donors (Lipinski definition) is 1. The second kappa shape index (κ2) is 9.33. The zero-order valence-corrected chi connectivity index (χ0v) is 18.6. The second-order valence-electron chi connectivity index (χ2n) is 7.30. The molecule has 3 rings (SSSR count). The lowest BCUT2D eigenvalue weighted by Gasteiger charge is -2.18. The summed E-state index contributed by atoms with van der Waals surface area (Å²) in [6, 6.07) is 7.38. The first-order valence-electron chi connectivity index (χ1n) is 9.37. The van der Waals surface area contributed by atoms with Crippen LogP contribution in [0.1, 0.15) is 48.0 Å². The van der Waals surface area contributed by atoms with Gasteiger partial charge in [-0.3, -0.25) is 4.79 Å². The van der Waals surface area contributed by atoms with Gasteiger partial charge in [-0.15, -0.1) is 23.1 Å². The SMILES string of the molecule is CC1CCc2c(sc(NC(=O)CSc3ccc(Cl)cc3)c2C(=O)OC(C)C)C1. The van der Waals surface area contributed by atoms with Gasteiger partial charge in [-0.2, -0.15) is 0 Å². The van der Waals surface area contributed by atoms with Gasteiger partial charge in [0, 0.05) is 14.8 Å². The lowest BCUT2D eigenvalue weighted by Crippen LogP contribution is -2.19. The van der Waals surface area contributed by atoms with Crippen molar-refractivity contribution in [1.29, 1.82) is 0 Å². The number of ether oxygens (including phenoxy) is 1. The minimum atomic E-state index is -0.345. The van der Waals surface area contributed by atoms with Gasteiger partial charge in [-0.05, 0) is 68.9 Å². The lowest BCUT2D eigenvalue weighted by molar-refractivity contribution is -0.113. The summed E-state index contributed by atoms with van der Waals surface area (Å²) in [6.07, 6.45) is 2.64. The molecule has 1 atom stereocenters. The Morgan fingerprint density at radius 3 is 2.71 bits per heavy atom. The molecule has 0 radical (unpaired) electrons. The van der Waals surface area contributed by atoms with Crippen molar-refractivity contribution in [3.63, 3.8) is 0 Å². The normalized spacial score (nSPS) is 16.0. The fourth-order valence-corrected chi connectivity index (χ4v) is 5.41. The zero-order chi connectivity index (χ0) is 20.3. The number of hydrogen-bond acceptors (Lipinski definition) is 5. The van der Waals surface area contributed by atoms with E-state index >= 15 is 0 Å². The smallest absolute Gasteiger partial charge is 0.341 e. The molecule has 1 N–H and O–H groups in total. The molecule has 1 aliphatic rings. The Bertz CT molecular complexity index is 861. The maximum Gasteiger partial charge on any atom is 0.341 e. The number of fused-ring (bicyclic) bond motifs is 1. The number of rotatable bonds is 6. The Labute approximate surface area is 179 Å². The third-order valence-electron chi connectivity index (χ3n) is 4.50. The van der Waals surface area contributed by atoms with Gasteiger partial charge < -0.3 is 10.1 Å². The van der Waals surface area contributed by atoms with E-state index in [-0.39, 0.29) is 23.7 Å². The van der Waals surface area contributed by atoms with Crippen LogP contribution in [0.4, 0.5) is 5.00 Å². The van der Waals surface area contributed by atoms with E-state index in [9.17, 15) is 9.59 Å². The molecule has 4 nitrogen and oxygen atoms in total. The van der Waals surface area contributed by atoms with Crippen molar-refractivity contribution < 1.29 is 14.3 Å². The van der Waals surface area contributed by atoms with Crippen LogP contribution in [0.15, 0.2) is 29.2 Å². The third-order valence-corrected chi connectivity index (χ3v) is 6.93. The maximum atomic E-state index is 12.7. The molecule has 1 amide bonds. The number of halogens is 1. The molecule has 1 unspecified atom stereocenters. The molecule has 1 heterocycles. The summed E-state index contributed by atoms with van der Waals surface area (Å²) in [5, 5.41) is 4.23. The number of benzene rings is 1. The van der Waals surface area contributed by atoms with Crippen LogP contribution in [0.5, 0.6) is 0 Å². The number of thiophene rings is 1. The molecular formula is C21H24ClNO3S2. The molecule has 2 aromatic rings. The van der Waals surface area contributed by atoms with E-state index in [1.807, 2.05) is 26.0 Å². The summed E-state index contributed by atoms with van der Waals surface area (Å²) in [7, 11) is 0. The van der Waals surface area contributed by atoms with Gasteiger partial charge in [0.15, 0.2) is 0 Å². The van der Waals surface area contributed by atoms with Gasteiger partial charge in [0.05, 0.1) is 17.4 Å². The van der Waals surface area contributed by atoms with Crippen LogP contribution in [0.2, 0.25) is 5.02 Å². The van der Waals surface area contributed by atoms with Gasteiger partial charge in [0.25, 0.3) is 0 Å². The molecule has 1 aromatic carbocycles. The Kier molecular flexibility index (Phi) is 7.07. The molecular weight excluding hydrogens is 414 g/mol. The van der Waals surface area contributed by atoms with E-state index in [2.05, 4.69) is 12.2 Å². The quantitative estimate of drug-likeness (QED) is 0.456. The van der Waals surface area contributed by atoms with Crippen LogP contribution in [-0.2, 0) is 22.4 Å². The summed E-state index contributed by atoms with van der Waals surface area (Å²) in [5.41, 5.74) is 1.60. The Hall–Kier alpha value is -1.50. The van der Waals surface area contributed by atoms with Crippen molar-refractivity contribution in [3.05, 3.63) is 45.3 Å². The highest BCUT2D eigenvalue weighted by molar-refractivity contribution is 8.00. The van der Waals surface area contributed by atoms with Crippen LogP contribution in [-0.4, -0.2) is 23.7 Å². The Morgan fingerprint density at radius 1 is 1.32 bits per heavy atom.